The maximum Gasteiger partial charge on any atom is 0.160 e. The van der Waals surface area contributed by atoms with Gasteiger partial charge in [-0.1, -0.05) is 41.9 Å². The molecule has 0 unspecified atom stereocenters. The van der Waals surface area contributed by atoms with Crippen molar-refractivity contribution in [3.8, 4) is 11.3 Å². The molecule has 0 saturated carbocycles. The highest BCUT2D eigenvalue weighted by Gasteiger charge is 2.16. The quantitative estimate of drug-likeness (QED) is 0.616. The summed E-state index contributed by atoms with van der Waals surface area (Å²) in [5, 5.41) is 1.51. The van der Waals surface area contributed by atoms with Crippen LogP contribution in [-0.2, 0) is 0 Å². The van der Waals surface area contributed by atoms with Crippen LogP contribution in [-0.4, -0.2) is 5.78 Å². The fraction of sp³-hybridized carbons (Fsp3) is 0.0625. The number of hydrogen-bond acceptors (Lipinski definition) is 2. The molecule has 1 aromatic heterocycles. The highest BCUT2D eigenvalue weighted by molar-refractivity contribution is 6.34. The fourth-order valence-corrected chi connectivity index (χ4v) is 2.44. The Bertz CT molecular complexity index is 738. The topological polar surface area (TPSA) is 30.2 Å². The zero-order chi connectivity index (χ0) is 13.4. The normalized spacial score (nSPS) is 10.8. The van der Waals surface area contributed by atoms with Crippen LogP contribution in [0.1, 0.15) is 17.3 Å². The van der Waals surface area contributed by atoms with Gasteiger partial charge < -0.3 is 4.42 Å². The van der Waals surface area contributed by atoms with Crippen molar-refractivity contribution < 1.29 is 9.21 Å². The summed E-state index contributed by atoms with van der Waals surface area (Å²) in [4.78, 5) is 11.7. The van der Waals surface area contributed by atoms with Gasteiger partial charge in [-0.3, -0.25) is 4.79 Å². The molecule has 0 fully saturated rings. The predicted octanol–water partition coefficient (Wildman–Crippen LogP) is 4.96. The van der Waals surface area contributed by atoms with E-state index in [1.807, 2.05) is 30.3 Å². The van der Waals surface area contributed by atoms with Crippen molar-refractivity contribution in [2.45, 2.75) is 6.92 Å². The summed E-state index contributed by atoms with van der Waals surface area (Å²) in [5.74, 6) is 0.593. The fourth-order valence-electron chi connectivity index (χ4n) is 2.17. The first-order valence-electron chi connectivity index (χ1n) is 5.95. The van der Waals surface area contributed by atoms with Gasteiger partial charge in [-0.15, -0.1) is 0 Å². The highest BCUT2D eigenvalue weighted by atomic mass is 35.5. The van der Waals surface area contributed by atoms with E-state index in [1.54, 1.807) is 18.2 Å². The first-order valence-corrected chi connectivity index (χ1v) is 6.33. The second-order valence-corrected chi connectivity index (χ2v) is 4.77. The maximum absolute atomic E-state index is 11.7. The molecule has 0 N–H and O–H groups in total. The standard InChI is InChI=1S/C16H11ClO2/c1-10(18)12-6-4-7-13(17)16(12)15-9-11-5-2-3-8-14(11)19-15/h2-9H,1H3. The van der Waals surface area contributed by atoms with Crippen LogP contribution >= 0.6 is 11.6 Å². The molecule has 0 saturated heterocycles. The van der Waals surface area contributed by atoms with Crippen molar-refractivity contribution in [3.63, 3.8) is 0 Å². The van der Waals surface area contributed by atoms with Gasteiger partial charge in [0.1, 0.15) is 11.3 Å². The van der Waals surface area contributed by atoms with Gasteiger partial charge in [0.05, 0.1) is 5.02 Å². The van der Waals surface area contributed by atoms with Crippen LogP contribution < -0.4 is 0 Å². The molecule has 0 bridgehead atoms. The monoisotopic (exact) mass is 270 g/mol. The number of rotatable bonds is 2. The molecule has 0 amide bonds. The molecule has 3 heteroatoms. The molecule has 0 atom stereocenters. The number of furan rings is 1. The molecule has 0 aliphatic rings. The Morgan fingerprint density at radius 2 is 1.89 bits per heavy atom. The van der Waals surface area contributed by atoms with E-state index in [2.05, 4.69) is 0 Å². The first kappa shape index (κ1) is 12.0. The summed E-state index contributed by atoms with van der Waals surface area (Å²) < 4.78 is 5.79. The Kier molecular flexibility index (Phi) is 2.88. The van der Waals surface area contributed by atoms with Gasteiger partial charge in [-0.05, 0) is 25.1 Å². The van der Waals surface area contributed by atoms with Crippen molar-refractivity contribution in [2.75, 3.05) is 0 Å². The molecule has 3 aromatic rings. The average molecular weight is 271 g/mol. The van der Waals surface area contributed by atoms with Crippen molar-refractivity contribution >= 4 is 28.4 Å². The van der Waals surface area contributed by atoms with E-state index in [1.165, 1.54) is 6.92 Å². The molecule has 0 radical (unpaired) electrons. The molecule has 19 heavy (non-hydrogen) atoms. The number of para-hydroxylation sites is 1. The number of hydrogen-bond donors (Lipinski definition) is 0. The van der Waals surface area contributed by atoms with E-state index in [0.717, 1.165) is 11.0 Å². The lowest BCUT2D eigenvalue weighted by Crippen LogP contribution is -1.95. The molecule has 94 valence electrons. The van der Waals surface area contributed by atoms with Gasteiger partial charge in [0.25, 0.3) is 0 Å². The number of halogens is 1. The zero-order valence-corrected chi connectivity index (χ0v) is 11.1. The lowest BCUT2D eigenvalue weighted by molar-refractivity contribution is 0.101. The maximum atomic E-state index is 11.7. The first-order chi connectivity index (χ1) is 9.16. The highest BCUT2D eigenvalue weighted by Crippen LogP contribution is 2.35. The Hall–Kier alpha value is -2.06. The Morgan fingerprint density at radius 3 is 2.63 bits per heavy atom. The van der Waals surface area contributed by atoms with E-state index in [-0.39, 0.29) is 5.78 Å². The number of Topliss-reactive ketones (excluding diaryl/α,β-unsaturated/α-hetero) is 1. The summed E-state index contributed by atoms with van der Waals surface area (Å²) in [5.41, 5.74) is 2.02. The Morgan fingerprint density at radius 1 is 1.11 bits per heavy atom. The van der Waals surface area contributed by atoms with Crippen LogP contribution in [0.25, 0.3) is 22.3 Å². The second-order valence-electron chi connectivity index (χ2n) is 4.37. The molecule has 0 spiro atoms. The minimum atomic E-state index is -0.0297. The number of carbonyl (C=O) groups is 1. The van der Waals surface area contributed by atoms with Gasteiger partial charge in [-0.2, -0.15) is 0 Å². The summed E-state index contributed by atoms with van der Waals surface area (Å²) in [6, 6.07) is 14.9. The third-order valence-corrected chi connectivity index (χ3v) is 3.38. The van der Waals surface area contributed by atoms with Crippen LogP contribution in [0, 0.1) is 0 Å². The van der Waals surface area contributed by atoms with E-state index in [4.69, 9.17) is 16.0 Å². The van der Waals surface area contributed by atoms with Gasteiger partial charge >= 0.3 is 0 Å². The van der Waals surface area contributed by atoms with Crippen LogP contribution in [0.4, 0.5) is 0 Å². The zero-order valence-electron chi connectivity index (χ0n) is 10.3. The lowest BCUT2D eigenvalue weighted by atomic mass is 10.0. The van der Waals surface area contributed by atoms with Gasteiger partial charge in [0.2, 0.25) is 0 Å². The van der Waals surface area contributed by atoms with Gasteiger partial charge in [0, 0.05) is 16.5 Å². The second kappa shape index (κ2) is 4.56. The number of benzene rings is 2. The molecule has 2 aromatic carbocycles. The van der Waals surface area contributed by atoms with Gasteiger partial charge in [-0.25, -0.2) is 0 Å². The predicted molar refractivity (Wildman–Crippen MR) is 76.7 cm³/mol. The minimum Gasteiger partial charge on any atom is -0.456 e. The van der Waals surface area contributed by atoms with Crippen molar-refractivity contribution in [3.05, 3.63) is 59.1 Å². The van der Waals surface area contributed by atoms with Crippen molar-refractivity contribution in [2.24, 2.45) is 0 Å². The lowest BCUT2D eigenvalue weighted by Gasteiger charge is -2.05. The molecule has 3 rings (SSSR count). The largest absolute Gasteiger partial charge is 0.456 e. The van der Waals surface area contributed by atoms with Gasteiger partial charge in [0.15, 0.2) is 5.78 Å². The van der Waals surface area contributed by atoms with E-state index >= 15 is 0 Å². The number of fused-ring (bicyclic) bond motifs is 1. The SMILES string of the molecule is CC(=O)c1cccc(Cl)c1-c1cc2ccccc2o1. The summed E-state index contributed by atoms with van der Waals surface area (Å²) in [6.45, 7) is 1.53. The summed E-state index contributed by atoms with van der Waals surface area (Å²) in [6.07, 6.45) is 0. The van der Waals surface area contributed by atoms with E-state index in [0.29, 0.717) is 21.9 Å². The number of ketones is 1. The molecule has 1 heterocycles. The number of carbonyl (C=O) groups excluding carboxylic acids is 1. The molecular formula is C16H11ClO2. The Balaban J connectivity index is 2.29. The van der Waals surface area contributed by atoms with Crippen LogP contribution in [0.2, 0.25) is 5.02 Å². The molecular weight excluding hydrogens is 260 g/mol. The van der Waals surface area contributed by atoms with Crippen LogP contribution in [0.3, 0.4) is 0 Å². The van der Waals surface area contributed by atoms with E-state index in [9.17, 15) is 4.79 Å². The third kappa shape index (κ3) is 2.04. The summed E-state index contributed by atoms with van der Waals surface area (Å²) >= 11 is 6.22. The van der Waals surface area contributed by atoms with E-state index < -0.39 is 0 Å². The van der Waals surface area contributed by atoms with Crippen molar-refractivity contribution in [1.82, 2.24) is 0 Å². The van der Waals surface area contributed by atoms with Crippen LogP contribution in [0.5, 0.6) is 0 Å². The average Bonchev–Trinajstić information content (AvgIpc) is 2.81. The third-order valence-electron chi connectivity index (χ3n) is 3.06. The van der Waals surface area contributed by atoms with Crippen molar-refractivity contribution in [1.29, 1.82) is 0 Å². The summed E-state index contributed by atoms with van der Waals surface area (Å²) in [7, 11) is 0. The molecule has 2 nitrogen and oxygen atoms in total. The Labute approximate surface area is 115 Å². The smallest absolute Gasteiger partial charge is 0.160 e. The van der Waals surface area contributed by atoms with Crippen LogP contribution in [0.15, 0.2) is 52.9 Å². The molecule has 0 aliphatic heterocycles. The minimum absolute atomic E-state index is 0.0297. The molecule has 0 aliphatic carbocycles.